The van der Waals surface area contributed by atoms with Crippen molar-refractivity contribution in [3.05, 3.63) is 82.3 Å². The van der Waals surface area contributed by atoms with Crippen LogP contribution in [0.15, 0.2) is 65.6 Å². The van der Waals surface area contributed by atoms with Gasteiger partial charge in [0.25, 0.3) is 5.56 Å². The number of piperidine rings is 1. The fourth-order valence-corrected chi connectivity index (χ4v) is 6.57. The van der Waals surface area contributed by atoms with Crippen molar-refractivity contribution in [3.63, 3.8) is 0 Å². The lowest BCUT2D eigenvalue weighted by molar-refractivity contribution is 0.205. The van der Waals surface area contributed by atoms with Crippen molar-refractivity contribution < 1.29 is 9.53 Å². The van der Waals surface area contributed by atoms with Gasteiger partial charge in [-0.25, -0.2) is 9.78 Å². The zero-order chi connectivity index (χ0) is 33.3. The van der Waals surface area contributed by atoms with Crippen molar-refractivity contribution in [1.82, 2.24) is 14.9 Å². The van der Waals surface area contributed by atoms with Gasteiger partial charge in [-0.05, 0) is 91.6 Å². The van der Waals surface area contributed by atoms with Gasteiger partial charge < -0.3 is 19.9 Å². The first-order valence-electron chi connectivity index (χ1n) is 17.5. The number of rotatable bonds is 13. The number of para-hydroxylation sites is 1. The van der Waals surface area contributed by atoms with E-state index in [1.54, 1.807) is 11.1 Å². The summed E-state index contributed by atoms with van der Waals surface area (Å²) in [5.74, 6) is 1.16. The Morgan fingerprint density at radius 1 is 0.979 bits per heavy atom. The highest BCUT2D eigenvalue weighted by atomic mass is 16.5. The molecule has 5 rings (SSSR count). The Labute approximate surface area is 279 Å². The molecule has 1 aliphatic heterocycles. The summed E-state index contributed by atoms with van der Waals surface area (Å²) in [5.41, 5.74) is 4.87. The van der Waals surface area contributed by atoms with E-state index in [0.29, 0.717) is 30.0 Å². The topological polar surface area (TPSA) is 90.6 Å². The van der Waals surface area contributed by atoms with Crippen LogP contribution in [0.2, 0.25) is 0 Å². The van der Waals surface area contributed by atoms with Gasteiger partial charge in [0.2, 0.25) is 0 Å². The van der Waals surface area contributed by atoms with Gasteiger partial charge in [-0.2, -0.15) is 0 Å². The molecule has 250 valence electrons. The van der Waals surface area contributed by atoms with E-state index < -0.39 is 0 Å². The van der Waals surface area contributed by atoms with Crippen LogP contribution in [-0.2, 0) is 0 Å². The number of unbranched alkanes of at least 4 members (excludes halogenated alkanes) is 1. The summed E-state index contributed by atoms with van der Waals surface area (Å²) in [6.07, 6.45) is 8.11. The molecular weight excluding hydrogens is 586 g/mol. The molecule has 0 atom stereocenters. The van der Waals surface area contributed by atoms with E-state index >= 15 is 0 Å². The highest BCUT2D eigenvalue weighted by Gasteiger charge is 2.27. The number of H-pyrrole nitrogens is 1. The highest BCUT2D eigenvalue weighted by Crippen LogP contribution is 2.37. The summed E-state index contributed by atoms with van der Waals surface area (Å²) in [7, 11) is 0. The molecule has 0 saturated carbocycles. The van der Waals surface area contributed by atoms with Crippen molar-refractivity contribution in [3.8, 4) is 16.9 Å². The summed E-state index contributed by atoms with van der Waals surface area (Å²) < 4.78 is 6.24. The SMILES string of the molecule is CCCCN(C(=O)Nc1c(C(C)C)cccc1C(C)C)c1c(-c2cccc(OCCCN3CCCCC3)c2)c2cccnc2[nH]c1=O. The predicted octanol–water partition coefficient (Wildman–Crippen LogP) is 8.93. The van der Waals surface area contributed by atoms with Crippen LogP contribution in [0, 0.1) is 0 Å². The molecular formula is C39H51N5O3. The first-order chi connectivity index (χ1) is 22.8. The van der Waals surface area contributed by atoms with E-state index in [1.807, 2.05) is 36.4 Å². The number of pyridine rings is 2. The van der Waals surface area contributed by atoms with Crippen molar-refractivity contribution in [2.45, 2.75) is 85.0 Å². The number of amides is 2. The number of nitrogens with zero attached hydrogens (tertiary/aromatic N) is 3. The largest absolute Gasteiger partial charge is 0.494 e. The van der Waals surface area contributed by atoms with Gasteiger partial charge in [-0.1, -0.05) is 77.8 Å². The van der Waals surface area contributed by atoms with Crippen LogP contribution >= 0.6 is 0 Å². The molecule has 2 aromatic carbocycles. The van der Waals surface area contributed by atoms with Crippen molar-refractivity contribution >= 4 is 28.4 Å². The minimum absolute atomic E-state index is 0.210. The first-order valence-corrected chi connectivity index (χ1v) is 17.5. The number of carbonyl (C=O) groups is 1. The molecule has 0 unspecified atom stereocenters. The van der Waals surface area contributed by atoms with Crippen LogP contribution in [-0.4, -0.2) is 53.7 Å². The Hall–Kier alpha value is -4.17. The second-order valence-corrected chi connectivity index (χ2v) is 13.3. The predicted molar refractivity (Wildman–Crippen MR) is 194 cm³/mol. The van der Waals surface area contributed by atoms with Crippen molar-refractivity contribution in [2.75, 3.05) is 43.0 Å². The smallest absolute Gasteiger partial charge is 0.326 e. The van der Waals surface area contributed by atoms with Crippen LogP contribution in [0.25, 0.3) is 22.2 Å². The Balaban J connectivity index is 1.53. The van der Waals surface area contributed by atoms with Gasteiger partial charge in [-0.15, -0.1) is 0 Å². The van der Waals surface area contributed by atoms with E-state index in [2.05, 4.69) is 73.0 Å². The monoisotopic (exact) mass is 637 g/mol. The summed E-state index contributed by atoms with van der Waals surface area (Å²) in [6.45, 7) is 15.0. The average molecular weight is 638 g/mol. The fraction of sp³-hybridized carbons (Fsp3) is 0.462. The van der Waals surface area contributed by atoms with Crippen LogP contribution in [0.5, 0.6) is 5.75 Å². The summed E-state index contributed by atoms with van der Waals surface area (Å²) in [5, 5.41) is 4.03. The Morgan fingerprint density at radius 2 is 1.70 bits per heavy atom. The van der Waals surface area contributed by atoms with Gasteiger partial charge in [-0.3, -0.25) is 9.69 Å². The molecule has 47 heavy (non-hydrogen) atoms. The molecule has 2 amide bonds. The number of hydrogen-bond donors (Lipinski definition) is 2. The third kappa shape index (κ3) is 8.22. The van der Waals surface area contributed by atoms with E-state index in [1.165, 1.54) is 32.4 Å². The first kappa shape index (κ1) is 34.2. The minimum atomic E-state index is -0.355. The number of aromatic nitrogens is 2. The number of ether oxygens (including phenoxy) is 1. The number of benzene rings is 2. The van der Waals surface area contributed by atoms with Gasteiger partial charge >= 0.3 is 6.03 Å². The van der Waals surface area contributed by atoms with Crippen molar-refractivity contribution in [2.24, 2.45) is 0 Å². The number of carbonyl (C=O) groups excluding carboxylic acids is 1. The summed E-state index contributed by atoms with van der Waals surface area (Å²) >= 11 is 0. The number of likely N-dealkylation sites (tertiary alicyclic amines) is 1. The van der Waals surface area contributed by atoms with Crippen molar-refractivity contribution in [1.29, 1.82) is 0 Å². The maximum atomic E-state index is 14.4. The fourth-order valence-electron chi connectivity index (χ4n) is 6.57. The number of aromatic amines is 1. The molecule has 2 N–H and O–H groups in total. The molecule has 3 heterocycles. The average Bonchev–Trinajstić information content (AvgIpc) is 3.07. The normalized spacial score (nSPS) is 13.8. The maximum absolute atomic E-state index is 14.4. The number of nitrogens with one attached hydrogen (secondary N) is 2. The number of fused-ring (bicyclic) bond motifs is 1. The summed E-state index contributed by atoms with van der Waals surface area (Å²) in [6, 6.07) is 17.5. The van der Waals surface area contributed by atoms with Crippen LogP contribution < -0.4 is 20.5 Å². The van der Waals surface area contributed by atoms with Crippen LogP contribution in [0.1, 0.15) is 96.1 Å². The lowest BCUT2D eigenvalue weighted by Gasteiger charge is -2.28. The highest BCUT2D eigenvalue weighted by molar-refractivity contribution is 6.09. The quantitative estimate of drug-likeness (QED) is 0.143. The maximum Gasteiger partial charge on any atom is 0.326 e. The van der Waals surface area contributed by atoms with E-state index in [0.717, 1.165) is 59.3 Å². The molecule has 0 bridgehead atoms. The Bertz CT molecular complexity index is 1680. The number of hydrogen-bond acceptors (Lipinski definition) is 5. The van der Waals surface area contributed by atoms with Gasteiger partial charge in [0.15, 0.2) is 0 Å². The summed E-state index contributed by atoms with van der Waals surface area (Å²) in [4.78, 5) is 40.1. The molecule has 8 heteroatoms. The molecule has 1 saturated heterocycles. The third-order valence-electron chi connectivity index (χ3n) is 9.07. The molecule has 0 aliphatic carbocycles. The Morgan fingerprint density at radius 3 is 2.40 bits per heavy atom. The molecule has 1 aliphatic rings. The minimum Gasteiger partial charge on any atom is -0.494 e. The number of anilines is 2. The van der Waals surface area contributed by atoms with Gasteiger partial charge in [0.05, 0.1) is 6.61 Å². The third-order valence-corrected chi connectivity index (χ3v) is 9.07. The molecule has 4 aromatic rings. The Kier molecular flexibility index (Phi) is 11.7. The zero-order valence-corrected chi connectivity index (χ0v) is 28.8. The molecule has 8 nitrogen and oxygen atoms in total. The second kappa shape index (κ2) is 16.1. The van der Waals surface area contributed by atoms with Gasteiger partial charge in [0.1, 0.15) is 17.1 Å². The molecule has 0 radical (unpaired) electrons. The van der Waals surface area contributed by atoms with E-state index in [9.17, 15) is 9.59 Å². The molecule has 1 fully saturated rings. The lowest BCUT2D eigenvalue weighted by Crippen LogP contribution is -2.40. The molecule has 2 aromatic heterocycles. The standard InChI is InChI=1S/C39H51N5O3/c1-6-7-24-44(39(46)41-35-31(27(2)3)17-12-18-32(35)28(4)5)36-34(33-19-13-20-40-37(33)42-38(36)45)29-15-11-16-30(26-29)47-25-14-23-43-21-9-8-10-22-43/h11-13,15-20,26-28H,6-10,14,21-25H2,1-5H3,(H,41,46)(H,40,42,45). The lowest BCUT2D eigenvalue weighted by atomic mass is 9.92. The van der Waals surface area contributed by atoms with E-state index in [4.69, 9.17) is 4.74 Å². The van der Waals surface area contributed by atoms with Crippen LogP contribution in [0.3, 0.4) is 0 Å². The molecule has 0 spiro atoms. The van der Waals surface area contributed by atoms with Crippen LogP contribution in [0.4, 0.5) is 16.2 Å². The van der Waals surface area contributed by atoms with E-state index in [-0.39, 0.29) is 23.4 Å². The zero-order valence-electron chi connectivity index (χ0n) is 28.8. The van der Waals surface area contributed by atoms with Gasteiger partial charge in [0, 0.05) is 35.9 Å². The number of urea groups is 1. The second-order valence-electron chi connectivity index (χ2n) is 13.3.